The van der Waals surface area contributed by atoms with Gasteiger partial charge in [0.25, 0.3) is 12.4 Å². The molecule has 0 saturated carbocycles. The van der Waals surface area contributed by atoms with E-state index in [-0.39, 0.29) is 86.4 Å². The molecule has 21 nitrogen and oxygen atoms in total. The molecule has 3 aliphatic heterocycles. The van der Waals surface area contributed by atoms with E-state index in [1.165, 1.54) is 30.3 Å². The van der Waals surface area contributed by atoms with Crippen molar-refractivity contribution in [3.63, 3.8) is 0 Å². The third kappa shape index (κ3) is 29.4. The summed E-state index contributed by atoms with van der Waals surface area (Å²) < 4.78 is 17.6. The number of amides is 1. The van der Waals surface area contributed by atoms with E-state index in [0.29, 0.717) is 63.1 Å². The molecule has 0 bridgehead atoms. The first-order chi connectivity index (χ1) is 57.3. The van der Waals surface area contributed by atoms with Gasteiger partial charge < -0.3 is 49.6 Å². The second-order valence-corrected chi connectivity index (χ2v) is 37.3. The Morgan fingerprint density at radius 3 is 1.25 bits per heavy atom. The number of carboxylic acids is 1. The SMILES string of the molecule is CC(C)(C)c1cc(-c2ccnc(-c3ccc(C(=O)N4CCC(O)CC4)cc3Cl)c2)ccn1.CC(C)(C)c1cc(-c2ccnc(-c3ccc(C(=O)O)cc3Cl)c2)ccn1.CC(C)(C)c1cc(-c2ccnc(Cl)c2)ccn1.CC(C)(C)c1cc(B2OC(C)(C)C(C)(C)O2)ccn1.Clc1cc(Br)ccn1.O=COc1ccc(B(O)O)c(Cl)c1.OC1CCNCC1. The Kier molecular flexibility index (Phi) is 35.6. The molecule has 3 fully saturated rings. The molecule has 8 aromatic heterocycles. The van der Waals surface area contributed by atoms with Gasteiger partial charge in [-0.1, -0.05) is 175 Å². The second kappa shape index (κ2) is 44.1. The summed E-state index contributed by atoms with van der Waals surface area (Å²) in [7, 11) is -1.94. The highest BCUT2D eigenvalue weighted by atomic mass is 79.9. The number of carboxylic acid groups (broad SMARTS) is 1. The van der Waals surface area contributed by atoms with Crippen LogP contribution >= 0.6 is 73.9 Å². The van der Waals surface area contributed by atoms with Crippen LogP contribution in [0, 0.1) is 0 Å². The van der Waals surface area contributed by atoms with Crippen LogP contribution in [0.5, 0.6) is 5.75 Å². The summed E-state index contributed by atoms with van der Waals surface area (Å²) in [6, 6.07) is 45.7. The minimum atomic E-state index is -1.63. The van der Waals surface area contributed by atoms with E-state index in [0.717, 1.165) is 103 Å². The normalized spacial score (nSPS) is 14.4. The molecule has 11 heterocycles. The monoisotopic (exact) mass is 1810 g/mol. The van der Waals surface area contributed by atoms with Crippen LogP contribution in [0.25, 0.3) is 55.9 Å². The molecule has 122 heavy (non-hydrogen) atoms. The highest BCUT2D eigenvalue weighted by Gasteiger charge is 2.52. The molecule has 3 aromatic carbocycles. The van der Waals surface area contributed by atoms with Gasteiger partial charge in [0.1, 0.15) is 16.1 Å². The molecule has 6 N–H and O–H groups in total. The van der Waals surface area contributed by atoms with Crippen molar-refractivity contribution in [3.05, 3.63) is 265 Å². The lowest BCUT2D eigenvalue weighted by Gasteiger charge is -2.32. The third-order valence-corrected chi connectivity index (χ3v) is 21.9. The molecule has 11 aromatic rings. The first-order valence-electron chi connectivity index (χ1n) is 39.8. The molecule has 1 amide bonds. The topological polar surface area (TPSA) is 298 Å². The summed E-state index contributed by atoms with van der Waals surface area (Å²) >= 11 is 33.2. The van der Waals surface area contributed by atoms with Crippen molar-refractivity contribution in [1.82, 2.24) is 50.1 Å². The van der Waals surface area contributed by atoms with Crippen molar-refractivity contribution in [2.24, 2.45) is 0 Å². The lowest BCUT2D eigenvalue weighted by atomic mass is 9.77. The van der Waals surface area contributed by atoms with Crippen LogP contribution in [0.2, 0.25) is 25.4 Å². The zero-order valence-corrected chi connectivity index (χ0v) is 76.9. The number of carbonyl (C=O) groups excluding carboxylic acids is 2. The predicted molar refractivity (Wildman–Crippen MR) is 494 cm³/mol. The van der Waals surface area contributed by atoms with Gasteiger partial charge in [-0.3, -0.25) is 39.5 Å². The number of aromatic nitrogens is 8. The van der Waals surface area contributed by atoms with Gasteiger partial charge in [-0.2, -0.15) is 0 Å². The van der Waals surface area contributed by atoms with Crippen molar-refractivity contribution in [2.75, 3.05) is 26.2 Å². The Morgan fingerprint density at radius 1 is 0.484 bits per heavy atom. The van der Waals surface area contributed by atoms with Crippen LogP contribution in [0.4, 0.5) is 0 Å². The number of benzene rings is 3. The van der Waals surface area contributed by atoms with Gasteiger partial charge in [0.05, 0.1) is 50.4 Å². The maximum absolute atomic E-state index is 12.8. The van der Waals surface area contributed by atoms with Gasteiger partial charge in [-0.15, -0.1) is 0 Å². The molecule has 0 spiro atoms. The second-order valence-electron chi connectivity index (χ2n) is 34.3. The average molecular weight is 1820 g/mol. The number of hydrogen-bond acceptors (Lipinski definition) is 19. The molecule has 3 aliphatic rings. The fourth-order valence-corrected chi connectivity index (χ4v) is 13.8. The van der Waals surface area contributed by atoms with Gasteiger partial charge >= 0.3 is 20.2 Å². The Morgan fingerprint density at radius 2 is 0.869 bits per heavy atom. The number of likely N-dealkylation sites (tertiary alicyclic amines) is 1. The van der Waals surface area contributed by atoms with Crippen LogP contribution in [0.15, 0.2) is 206 Å². The molecule has 0 unspecified atom stereocenters. The number of aromatic carboxylic acids is 1. The average Bonchev–Trinajstić information content (AvgIpc) is 1.61. The number of pyridine rings is 8. The molecule has 14 rings (SSSR count). The Hall–Kier alpha value is -8.95. The van der Waals surface area contributed by atoms with Crippen molar-refractivity contribution in [2.45, 2.75) is 182 Å². The highest BCUT2D eigenvalue weighted by molar-refractivity contribution is 9.10. The number of halogens is 6. The number of ether oxygens (including phenoxy) is 1. The summed E-state index contributed by atoms with van der Waals surface area (Å²) in [6.45, 7) is 37.4. The van der Waals surface area contributed by atoms with Gasteiger partial charge in [0.2, 0.25) is 0 Å². The third-order valence-electron chi connectivity index (χ3n) is 20.1. The van der Waals surface area contributed by atoms with Crippen LogP contribution in [0.1, 0.15) is 180 Å². The summed E-state index contributed by atoms with van der Waals surface area (Å²) in [4.78, 5) is 70.1. The van der Waals surface area contributed by atoms with Gasteiger partial charge in [-0.25, -0.2) is 14.8 Å². The van der Waals surface area contributed by atoms with E-state index in [1.807, 2.05) is 97.6 Å². The number of hydrogen-bond donors (Lipinski definition) is 6. The number of piperidine rings is 2. The summed E-state index contributed by atoms with van der Waals surface area (Å²) in [5.41, 5.74) is 14.7. The Balaban J connectivity index is 0.000000186. The first kappa shape index (κ1) is 98.5. The number of carbonyl (C=O) groups is 3. The van der Waals surface area contributed by atoms with Crippen LogP contribution < -0.4 is 21.0 Å². The minimum Gasteiger partial charge on any atom is -0.478 e. The summed E-state index contributed by atoms with van der Waals surface area (Å²) in [5, 5.41) is 50.4. The fourth-order valence-electron chi connectivity index (χ4n) is 12.1. The zero-order chi connectivity index (χ0) is 89.7. The van der Waals surface area contributed by atoms with E-state index in [4.69, 9.17) is 87.6 Å². The van der Waals surface area contributed by atoms with E-state index < -0.39 is 13.1 Å². The lowest BCUT2D eigenvalue weighted by molar-refractivity contribution is -0.120. The molecular formula is C93H106B2BrCl5N10O11. The van der Waals surface area contributed by atoms with Crippen LogP contribution in [-0.2, 0) is 35.8 Å². The number of nitrogens with zero attached hydrogens (tertiary/aromatic N) is 9. The van der Waals surface area contributed by atoms with E-state index in [1.54, 1.807) is 54.0 Å². The van der Waals surface area contributed by atoms with Crippen molar-refractivity contribution < 1.29 is 53.8 Å². The standard InChI is InChI=1S/C26H28ClN3O2.C21H19ClN2O2.C15H24BNO2.C14H15ClN2.C7H6BClO4.C5H3BrClN.C5H11NO/c1-26(2,3)24-16-18(7-11-29-24)17-6-10-28-23(15-17)21-5-4-19(14-22(21)27)25(32)30-12-8-20(31)9-13-30;1-21(2,3)19-12-14(7-9-24-19)13-6-8-23-18(11-13)16-5-4-15(20(25)26)10-17(16)22;1-13(2,3)12-10-11(8-9-17-12)16-18-14(4,5)15(6,7)19-16;1-14(2,3)12-8-10(4-6-16-12)11-5-7-17-13(15)9-11;9-7-3-5(13-4-10)1-2-6(7)8(11)12;6-4-1-2-8-5(7)3-4;7-5-1-3-6-4-2-5/h4-7,10-11,14-16,20,31H,8-9,12-13H2,1-3H3;4-12H,1-3H3,(H,25,26);8-10H,1-7H3;4-9H,1-3H3;1-4,11-12H;1-3H;5-7H,1-4H2. The lowest BCUT2D eigenvalue weighted by Crippen LogP contribution is -2.41. The van der Waals surface area contributed by atoms with Crippen LogP contribution in [0.3, 0.4) is 0 Å². The van der Waals surface area contributed by atoms with E-state index >= 15 is 0 Å². The van der Waals surface area contributed by atoms with E-state index in [9.17, 15) is 19.5 Å². The van der Waals surface area contributed by atoms with Crippen molar-refractivity contribution in [1.29, 1.82) is 0 Å². The molecule has 0 atom stereocenters. The minimum absolute atomic E-state index is 0.0266. The highest BCUT2D eigenvalue weighted by Crippen LogP contribution is 2.39. The molecule has 0 radical (unpaired) electrons. The summed E-state index contributed by atoms with van der Waals surface area (Å²) in [5.74, 6) is -0.811. The number of aliphatic hydroxyl groups excluding tert-OH is 2. The maximum Gasteiger partial charge on any atom is 0.494 e. The van der Waals surface area contributed by atoms with Crippen LogP contribution in [-0.4, -0.2) is 152 Å². The Labute approximate surface area is 750 Å². The van der Waals surface area contributed by atoms with Gasteiger partial charge in [-0.05, 0) is 239 Å². The summed E-state index contributed by atoms with van der Waals surface area (Å²) in [6.07, 6.45) is 16.9. The largest absolute Gasteiger partial charge is 0.494 e. The molecular weight excluding hydrogens is 1710 g/mol. The zero-order valence-electron chi connectivity index (χ0n) is 71.6. The molecule has 3 saturated heterocycles. The smallest absolute Gasteiger partial charge is 0.478 e. The first-order valence-corrected chi connectivity index (χ1v) is 42.5. The molecule has 642 valence electrons. The quantitative estimate of drug-likeness (QED) is 0.0398. The van der Waals surface area contributed by atoms with Gasteiger partial charge in [0.15, 0.2) is 0 Å². The van der Waals surface area contributed by atoms with Crippen molar-refractivity contribution in [3.8, 4) is 61.6 Å². The number of nitrogens with one attached hydrogen (secondary N) is 1. The van der Waals surface area contributed by atoms with Crippen molar-refractivity contribution >= 4 is 117 Å². The number of aliphatic hydroxyl groups is 2. The fraction of sp³-hybridized carbons (Fsp3) is 0.344. The molecule has 0 aliphatic carbocycles. The molecule has 29 heteroatoms. The number of rotatable bonds is 11. The predicted octanol–water partition coefficient (Wildman–Crippen LogP) is 19.4. The van der Waals surface area contributed by atoms with E-state index in [2.05, 4.69) is 201 Å². The maximum atomic E-state index is 12.8. The van der Waals surface area contributed by atoms with Gasteiger partial charge in [0, 0.05) is 139 Å². The Bertz CT molecular complexity index is 5310.